The number of phenolic OH excluding ortho intramolecular Hbond substituents is 1. The molecule has 0 unspecified atom stereocenters. The van der Waals surface area contributed by atoms with Gasteiger partial charge in [-0.25, -0.2) is 4.79 Å². The van der Waals surface area contributed by atoms with E-state index in [1.54, 1.807) is 30.3 Å². The SMILES string of the molecule is COc1cc(/C=C(/C(=O)O)c2cccc(O)c2)cc(OC)c1. The van der Waals surface area contributed by atoms with Crippen molar-refractivity contribution in [3.05, 3.63) is 53.6 Å². The Morgan fingerprint density at radius 3 is 2.18 bits per heavy atom. The Morgan fingerprint density at radius 2 is 1.68 bits per heavy atom. The third-order valence-electron chi connectivity index (χ3n) is 3.07. The minimum absolute atomic E-state index is 0.00729. The third kappa shape index (κ3) is 3.58. The molecule has 0 aliphatic carbocycles. The molecule has 2 rings (SSSR count). The van der Waals surface area contributed by atoms with Crippen LogP contribution in [0.5, 0.6) is 17.2 Å². The van der Waals surface area contributed by atoms with Gasteiger partial charge in [0.15, 0.2) is 0 Å². The van der Waals surface area contributed by atoms with E-state index < -0.39 is 5.97 Å². The zero-order chi connectivity index (χ0) is 16.1. The molecule has 0 saturated carbocycles. The van der Waals surface area contributed by atoms with Crippen molar-refractivity contribution in [1.82, 2.24) is 0 Å². The number of carboxylic acids is 1. The molecule has 5 nitrogen and oxygen atoms in total. The monoisotopic (exact) mass is 300 g/mol. The first-order valence-corrected chi connectivity index (χ1v) is 6.51. The van der Waals surface area contributed by atoms with Crippen LogP contribution in [0, 0.1) is 0 Å². The fraction of sp³-hybridized carbons (Fsp3) is 0.118. The van der Waals surface area contributed by atoms with Gasteiger partial charge in [0.25, 0.3) is 0 Å². The number of phenols is 1. The zero-order valence-corrected chi connectivity index (χ0v) is 12.2. The fourth-order valence-electron chi connectivity index (χ4n) is 2.02. The van der Waals surface area contributed by atoms with E-state index in [9.17, 15) is 15.0 Å². The van der Waals surface area contributed by atoms with E-state index in [1.807, 2.05) is 0 Å². The first kappa shape index (κ1) is 15.4. The molecule has 0 spiro atoms. The first-order chi connectivity index (χ1) is 10.5. The number of aliphatic carboxylic acids is 1. The minimum Gasteiger partial charge on any atom is -0.508 e. The van der Waals surface area contributed by atoms with E-state index in [0.29, 0.717) is 22.6 Å². The van der Waals surface area contributed by atoms with Gasteiger partial charge in [0, 0.05) is 6.07 Å². The molecule has 114 valence electrons. The number of hydrogen-bond donors (Lipinski definition) is 2. The molecule has 5 heteroatoms. The molecular formula is C17H16O5. The van der Waals surface area contributed by atoms with Crippen molar-refractivity contribution in [2.45, 2.75) is 0 Å². The number of ether oxygens (including phenoxy) is 2. The summed E-state index contributed by atoms with van der Waals surface area (Å²) >= 11 is 0. The Labute approximate surface area is 128 Å². The summed E-state index contributed by atoms with van der Waals surface area (Å²) in [6.07, 6.45) is 1.50. The summed E-state index contributed by atoms with van der Waals surface area (Å²) in [4.78, 5) is 11.5. The molecule has 0 fully saturated rings. The molecule has 0 aliphatic heterocycles. The molecule has 2 N–H and O–H groups in total. The molecule has 0 atom stereocenters. The Kier molecular flexibility index (Phi) is 4.68. The largest absolute Gasteiger partial charge is 0.508 e. The van der Waals surface area contributed by atoms with Crippen molar-refractivity contribution in [3.63, 3.8) is 0 Å². The van der Waals surface area contributed by atoms with Crippen LogP contribution in [0.2, 0.25) is 0 Å². The van der Waals surface area contributed by atoms with Crippen LogP contribution in [0.1, 0.15) is 11.1 Å². The highest BCUT2D eigenvalue weighted by atomic mass is 16.5. The van der Waals surface area contributed by atoms with Gasteiger partial charge in [0.05, 0.1) is 19.8 Å². The summed E-state index contributed by atoms with van der Waals surface area (Å²) in [6, 6.07) is 11.2. The van der Waals surface area contributed by atoms with E-state index in [4.69, 9.17) is 9.47 Å². The molecule has 2 aromatic carbocycles. The summed E-state index contributed by atoms with van der Waals surface area (Å²) in [7, 11) is 3.05. The number of carbonyl (C=O) groups is 1. The molecule has 2 aromatic rings. The number of benzene rings is 2. The molecule has 22 heavy (non-hydrogen) atoms. The predicted octanol–water partition coefficient (Wildman–Crippen LogP) is 3.03. The van der Waals surface area contributed by atoms with Crippen LogP contribution >= 0.6 is 0 Å². The van der Waals surface area contributed by atoms with Crippen LogP contribution in [-0.2, 0) is 4.79 Å². The van der Waals surface area contributed by atoms with Crippen LogP contribution in [0.4, 0.5) is 0 Å². The van der Waals surface area contributed by atoms with Crippen molar-refractivity contribution >= 4 is 17.6 Å². The molecular weight excluding hydrogens is 284 g/mol. The zero-order valence-electron chi connectivity index (χ0n) is 12.2. The molecule has 0 radical (unpaired) electrons. The summed E-state index contributed by atoms with van der Waals surface area (Å²) in [5.74, 6) is 0.0396. The lowest BCUT2D eigenvalue weighted by molar-refractivity contribution is -0.130. The minimum atomic E-state index is -1.09. The molecule has 0 aromatic heterocycles. The summed E-state index contributed by atoms with van der Waals surface area (Å²) < 4.78 is 10.3. The second-order valence-corrected chi connectivity index (χ2v) is 4.56. The van der Waals surface area contributed by atoms with Crippen LogP contribution in [-0.4, -0.2) is 30.4 Å². The number of aromatic hydroxyl groups is 1. The lowest BCUT2D eigenvalue weighted by Gasteiger charge is -2.08. The van der Waals surface area contributed by atoms with Gasteiger partial charge in [-0.15, -0.1) is 0 Å². The van der Waals surface area contributed by atoms with Crippen LogP contribution in [0.25, 0.3) is 11.6 Å². The van der Waals surface area contributed by atoms with Gasteiger partial charge in [-0.1, -0.05) is 12.1 Å². The average Bonchev–Trinajstić information content (AvgIpc) is 2.51. The molecule has 0 saturated heterocycles. The summed E-state index contributed by atoms with van der Waals surface area (Å²) in [5.41, 5.74) is 1.09. The number of hydrogen-bond acceptors (Lipinski definition) is 4. The van der Waals surface area contributed by atoms with Crippen molar-refractivity contribution in [3.8, 4) is 17.2 Å². The Bertz CT molecular complexity index is 696. The molecule has 0 bridgehead atoms. The van der Waals surface area contributed by atoms with Crippen molar-refractivity contribution in [2.75, 3.05) is 14.2 Å². The van der Waals surface area contributed by atoms with Gasteiger partial charge in [-0.05, 0) is 41.5 Å². The standard InChI is InChI=1S/C17H16O5/c1-21-14-6-11(7-15(10-14)22-2)8-16(17(19)20)12-4-3-5-13(18)9-12/h3-10,18H,1-2H3,(H,19,20)/b16-8+. The van der Waals surface area contributed by atoms with Crippen LogP contribution in [0.3, 0.4) is 0 Å². The second kappa shape index (κ2) is 6.67. The fourth-order valence-corrected chi connectivity index (χ4v) is 2.02. The van der Waals surface area contributed by atoms with Crippen molar-refractivity contribution < 1.29 is 24.5 Å². The van der Waals surface area contributed by atoms with Gasteiger partial charge in [-0.3, -0.25) is 0 Å². The second-order valence-electron chi connectivity index (χ2n) is 4.56. The average molecular weight is 300 g/mol. The van der Waals surface area contributed by atoms with Gasteiger partial charge >= 0.3 is 5.97 Å². The highest BCUT2D eigenvalue weighted by molar-refractivity contribution is 6.20. The first-order valence-electron chi connectivity index (χ1n) is 6.51. The quantitative estimate of drug-likeness (QED) is 0.655. The maximum atomic E-state index is 11.5. The van der Waals surface area contributed by atoms with E-state index in [1.165, 1.54) is 32.4 Å². The van der Waals surface area contributed by atoms with Crippen LogP contribution in [0.15, 0.2) is 42.5 Å². The normalized spacial score (nSPS) is 11.1. The van der Waals surface area contributed by atoms with Gasteiger partial charge in [0.1, 0.15) is 17.2 Å². The molecule has 0 aliphatic rings. The van der Waals surface area contributed by atoms with Crippen molar-refractivity contribution in [2.24, 2.45) is 0 Å². The Morgan fingerprint density at radius 1 is 1.05 bits per heavy atom. The van der Waals surface area contributed by atoms with Gasteiger partial charge < -0.3 is 19.7 Å². The maximum absolute atomic E-state index is 11.5. The van der Waals surface area contributed by atoms with Crippen LogP contribution < -0.4 is 9.47 Å². The summed E-state index contributed by atoms with van der Waals surface area (Å²) in [5, 5.41) is 18.9. The Hall–Kier alpha value is -2.95. The van der Waals surface area contributed by atoms with Gasteiger partial charge in [-0.2, -0.15) is 0 Å². The van der Waals surface area contributed by atoms with E-state index in [2.05, 4.69) is 0 Å². The molecule has 0 heterocycles. The Balaban J connectivity index is 2.53. The topological polar surface area (TPSA) is 76.0 Å². The van der Waals surface area contributed by atoms with E-state index >= 15 is 0 Å². The summed E-state index contributed by atoms with van der Waals surface area (Å²) in [6.45, 7) is 0. The number of carboxylic acid groups (broad SMARTS) is 1. The van der Waals surface area contributed by atoms with Gasteiger partial charge in [0.2, 0.25) is 0 Å². The van der Waals surface area contributed by atoms with E-state index in [-0.39, 0.29) is 11.3 Å². The third-order valence-corrected chi connectivity index (χ3v) is 3.07. The predicted molar refractivity (Wildman–Crippen MR) is 83.2 cm³/mol. The highest BCUT2D eigenvalue weighted by Crippen LogP contribution is 2.27. The number of rotatable bonds is 5. The lowest BCUT2D eigenvalue weighted by Crippen LogP contribution is -1.99. The van der Waals surface area contributed by atoms with E-state index in [0.717, 1.165) is 0 Å². The lowest BCUT2D eigenvalue weighted by atomic mass is 10.0. The maximum Gasteiger partial charge on any atom is 0.336 e. The van der Waals surface area contributed by atoms with Crippen molar-refractivity contribution in [1.29, 1.82) is 0 Å². The number of methoxy groups -OCH3 is 2. The smallest absolute Gasteiger partial charge is 0.336 e. The highest BCUT2D eigenvalue weighted by Gasteiger charge is 2.12. The molecule has 0 amide bonds.